The van der Waals surface area contributed by atoms with Gasteiger partial charge in [-0.05, 0) is 38.6 Å². The molecule has 16 heavy (non-hydrogen) atoms. The van der Waals surface area contributed by atoms with Crippen molar-refractivity contribution in [1.82, 2.24) is 9.88 Å². The lowest BCUT2D eigenvalue weighted by Crippen LogP contribution is -2.09. The molecule has 0 spiro atoms. The average molecular weight is 237 g/mol. The second kappa shape index (κ2) is 4.89. The number of para-hydroxylation sites is 1. The molecule has 0 aliphatic rings. The van der Waals surface area contributed by atoms with E-state index in [9.17, 15) is 0 Å². The third-order valence-corrected chi connectivity index (χ3v) is 3.27. The lowest BCUT2D eigenvalue weighted by Gasteiger charge is -2.04. The fourth-order valence-corrected chi connectivity index (χ4v) is 2.42. The maximum absolute atomic E-state index is 6.20. The molecule has 0 radical (unpaired) electrons. The van der Waals surface area contributed by atoms with Gasteiger partial charge in [0.25, 0.3) is 0 Å². The van der Waals surface area contributed by atoms with Crippen LogP contribution < -0.4 is 5.32 Å². The highest BCUT2D eigenvalue weighted by Gasteiger charge is 2.07. The molecule has 2 aromatic rings. The number of halogens is 1. The third-order valence-electron chi connectivity index (χ3n) is 2.97. The molecule has 2 nitrogen and oxygen atoms in total. The molecule has 1 heterocycles. The molecule has 2 rings (SSSR count). The van der Waals surface area contributed by atoms with Crippen molar-refractivity contribution in [2.75, 3.05) is 13.6 Å². The van der Waals surface area contributed by atoms with Crippen LogP contribution in [-0.4, -0.2) is 18.2 Å². The quantitative estimate of drug-likeness (QED) is 0.808. The maximum atomic E-state index is 6.20. The van der Waals surface area contributed by atoms with Crippen molar-refractivity contribution in [3.05, 3.63) is 35.0 Å². The molecule has 3 heteroatoms. The lowest BCUT2D eigenvalue weighted by atomic mass is 10.2. The van der Waals surface area contributed by atoms with Crippen LogP contribution >= 0.6 is 11.6 Å². The minimum Gasteiger partial charge on any atom is -0.346 e. The molecule has 1 aromatic heterocycles. The molecule has 0 fully saturated rings. The number of fused-ring (bicyclic) bond motifs is 1. The fourth-order valence-electron chi connectivity index (χ4n) is 2.11. The van der Waals surface area contributed by atoms with Crippen LogP contribution in [0.1, 0.15) is 12.1 Å². The van der Waals surface area contributed by atoms with Gasteiger partial charge in [-0.1, -0.05) is 23.7 Å². The summed E-state index contributed by atoms with van der Waals surface area (Å²) < 4.78 is 2.20. The Labute approximate surface area is 101 Å². The van der Waals surface area contributed by atoms with Crippen molar-refractivity contribution < 1.29 is 0 Å². The van der Waals surface area contributed by atoms with E-state index in [2.05, 4.69) is 29.1 Å². The zero-order chi connectivity index (χ0) is 11.5. The number of aryl methyl sites for hydroxylation is 2. The summed E-state index contributed by atoms with van der Waals surface area (Å²) in [6.45, 7) is 1.05. The second-order valence-corrected chi connectivity index (χ2v) is 4.49. The van der Waals surface area contributed by atoms with Crippen LogP contribution in [0.4, 0.5) is 0 Å². The Hall–Kier alpha value is -0.990. The highest BCUT2D eigenvalue weighted by Crippen LogP contribution is 2.26. The topological polar surface area (TPSA) is 17.0 Å². The van der Waals surface area contributed by atoms with Crippen molar-refractivity contribution in [3.63, 3.8) is 0 Å². The molecule has 1 aromatic carbocycles. The standard InChI is InChI=1S/C13H17ClN2/c1-15-8-4-6-11-9-10-5-3-7-12(14)13(10)16(11)2/h3,5,7,9,15H,4,6,8H2,1-2H3. The SMILES string of the molecule is CNCCCc1cc2cccc(Cl)c2n1C. The molecule has 1 N–H and O–H groups in total. The molecule has 0 bridgehead atoms. The summed E-state index contributed by atoms with van der Waals surface area (Å²) in [5, 5.41) is 5.23. The van der Waals surface area contributed by atoms with E-state index in [0.29, 0.717) is 0 Å². The molecule has 0 atom stereocenters. The Balaban J connectivity index is 2.33. The number of rotatable bonds is 4. The van der Waals surface area contributed by atoms with Gasteiger partial charge in [0.15, 0.2) is 0 Å². The molecular weight excluding hydrogens is 220 g/mol. The van der Waals surface area contributed by atoms with Gasteiger partial charge in [0.2, 0.25) is 0 Å². The molecule has 0 aliphatic carbocycles. The smallest absolute Gasteiger partial charge is 0.0669 e. The van der Waals surface area contributed by atoms with E-state index in [1.807, 2.05) is 19.2 Å². The van der Waals surface area contributed by atoms with E-state index >= 15 is 0 Å². The van der Waals surface area contributed by atoms with Crippen LogP contribution in [0.25, 0.3) is 10.9 Å². The largest absolute Gasteiger partial charge is 0.346 e. The molecule has 86 valence electrons. The number of nitrogens with zero attached hydrogens (tertiary/aromatic N) is 1. The minimum absolute atomic E-state index is 0.833. The second-order valence-electron chi connectivity index (χ2n) is 4.08. The van der Waals surface area contributed by atoms with Gasteiger partial charge < -0.3 is 9.88 Å². The summed E-state index contributed by atoms with van der Waals surface area (Å²) in [7, 11) is 4.07. The predicted molar refractivity (Wildman–Crippen MR) is 70.2 cm³/mol. The van der Waals surface area contributed by atoms with E-state index in [4.69, 9.17) is 11.6 Å². The van der Waals surface area contributed by atoms with Gasteiger partial charge in [-0.2, -0.15) is 0 Å². The van der Waals surface area contributed by atoms with Crippen molar-refractivity contribution in [2.24, 2.45) is 7.05 Å². The molecule has 0 saturated heterocycles. The molecule has 0 amide bonds. The highest BCUT2D eigenvalue weighted by molar-refractivity contribution is 6.35. The van der Waals surface area contributed by atoms with Crippen LogP contribution in [0.15, 0.2) is 24.3 Å². The van der Waals surface area contributed by atoms with Gasteiger partial charge in [0, 0.05) is 18.1 Å². The van der Waals surface area contributed by atoms with Crippen molar-refractivity contribution in [3.8, 4) is 0 Å². The van der Waals surface area contributed by atoms with Gasteiger partial charge in [0.1, 0.15) is 0 Å². The number of hydrogen-bond donors (Lipinski definition) is 1. The van der Waals surface area contributed by atoms with Gasteiger partial charge in [-0.15, -0.1) is 0 Å². The van der Waals surface area contributed by atoms with Gasteiger partial charge in [-0.25, -0.2) is 0 Å². The summed E-state index contributed by atoms with van der Waals surface area (Å²) in [6.07, 6.45) is 2.24. The van der Waals surface area contributed by atoms with Crippen LogP contribution in [0, 0.1) is 0 Å². The first-order valence-corrected chi connectivity index (χ1v) is 5.99. The van der Waals surface area contributed by atoms with E-state index in [0.717, 1.165) is 29.9 Å². The van der Waals surface area contributed by atoms with Crippen molar-refractivity contribution in [1.29, 1.82) is 0 Å². The van der Waals surface area contributed by atoms with Crippen LogP contribution in [0.5, 0.6) is 0 Å². The van der Waals surface area contributed by atoms with Gasteiger partial charge >= 0.3 is 0 Å². The Kier molecular flexibility index (Phi) is 3.52. The minimum atomic E-state index is 0.833. The van der Waals surface area contributed by atoms with Gasteiger partial charge in [0.05, 0.1) is 10.5 Å². The van der Waals surface area contributed by atoms with E-state index in [1.54, 1.807) is 0 Å². The summed E-state index contributed by atoms with van der Waals surface area (Å²) in [6, 6.07) is 8.29. The zero-order valence-corrected chi connectivity index (χ0v) is 10.5. The normalized spacial score (nSPS) is 11.2. The van der Waals surface area contributed by atoms with Crippen molar-refractivity contribution in [2.45, 2.75) is 12.8 Å². The molecular formula is C13H17ClN2. The highest BCUT2D eigenvalue weighted by atomic mass is 35.5. The van der Waals surface area contributed by atoms with Crippen molar-refractivity contribution >= 4 is 22.5 Å². The summed E-state index contributed by atoms with van der Waals surface area (Å²) in [4.78, 5) is 0. The number of aromatic nitrogens is 1. The Morgan fingerprint density at radius 3 is 2.88 bits per heavy atom. The lowest BCUT2D eigenvalue weighted by molar-refractivity contribution is 0.699. The number of nitrogens with one attached hydrogen (secondary N) is 1. The zero-order valence-electron chi connectivity index (χ0n) is 9.76. The Morgan fingerprint density at radius 1 is 1.38 bits per heavy atom. The average Bonchev–Trinajstić information content (AvgIpc) is 2.58. The van der Waals surface area contributed by atoms with Gasteiger partial charge in [-0.3, -0.25) is 0 Å². The molecule has 0 unspecified atom stereocenters. The van der Waals surface area contributed by atoms with E-state index in [1.165, 1.54) is 11.1 Å². The van der Waals surface area contributed by atoms with Crippen LogP contribution in [0.2, 0.25) is 5.02 Å². The molecule has 0 aliphatic heterocycles. The van der Waals surface area contributed by atoms with E-state index < -0.39 is 0 Å². The van der Waals surface area contributed by atoms with Crippen LogP contribution in [0.3, 0.4) is 0 Å². The summed E-state index contributed by atoms with van der Waals surface area (Å²) in [5.74, 6) is 0. The first-order chi connectivity index (χ1) is 7.74. The van der Waals surface area contributed by atoms with E-state index in [-0.39, 0.29) is 0 Å². The monoisotopic (exact) mass is 236 g/mol. The first-order valence-electron chi connectivity index (χ1n) is 5.61. The molecule has 0 saturated carbocycles. The fraction of sp³-hybridized carbons (Fsp3) is 0.385. The Morgan fingerprint density at radius 2 is 2.19 bits per heavy atom. The number of benzene rings is 1. The maximum Gasteiger partial charge on any atom is 0.0669 e. The predicted octanol–water partition coefficient (Wildman–Crippen LogP) is 2.98. The first kappa shape index (κ1) is 11.5. The Bertz CT molecular complexity index is 488. The third kappa shape index (κ3) is 2.08. The van der Waals surface area contributed by atoms with Crippen LogP contribution in [-0.2, 0) is 13.5 Å². The summed E-state index contributed by atoms with van der Waals surface area (Å²) in [5.41, 5.74) is 2.49. The summed E-state index contributed by atoms with van der Waals surface area (Å²) >= 11 is 6.20. The number of hydrogen-bond acceptors (Lipinski definition) is 1.